The normalized spacial score (nSPS) is 21.9. The lowest BCUT2D eigenvalue weighted by Crippen LogP contribution is -2.68. The van der Waals surface area contributed by atoms with Gasteiger partial charge in [-0.2, -0.15) is 0 Å². The van der Waals surface area contributed by atoms with E-state index in [1.807, 2.05) is 97.1 Å². The molecule has 0 aliphatic carbocycles. The molecule has 1 heterocycles. The van der Waals surface area contributed by atoms with Crippen molar-refractivity contribution < 1.29 is 32.6 Å². The van der Waals surface area contributed by atoms with Gasteiger partial charge in [-0.15, -0.1) is 0 Å². The lowest BCUT2D eigenvalue weighted by atomic mass is 9.98. The van der Waals surface area contributed by atoms with E-state index in [2.05, 4.69) is 45.0 Å². The molecule has 0 saturated carbocycles. The highest BCUT2D eigenvalue weighted by Crippen LogP contribution is 2.38. The number of benzene rings is 4. The summed E-state index contributed by atoms with van der Waals surface area (Å²) in [5, 5.41) is 1.83. The van der Waals surface area contributed by atoms with E-state index in [1.54, 1.807) is 0 Å². The molecular weight excluding hydrogens is 599 g/mol. The molecule has 1 aliphatic heterocycles. The molecule has 0 bridgehead atoms. The molecule has 46 heavy (non-hydrogen) atoms. The molecule has 4 aromatic rings. The summed E-state index contributed by atoms with van der Waals surface area (Å²) in [6.07, 6.45) is -5.93. The minimum absolute atomic E-state index is 0.0255. The van der Waals surface area contributed by atoms with Gasteiger partial charge in [0.2, 0.25) is 6.36 Å². The second-order valence-corrected chi connectivity index (χ2v) is 16.9. The van der Waals surface area contributed by atoms with Crippen LogP contribution in [0.4, 0.5) is 4.39 Å². The van der Waals surface area contributed by atoms with Crippen LogP contribution in [-0.2, 0) is 41.4 Å². The van der Waals surface area contributed by atoms with Crippen LogP contribution in [0.1, 0.15) is 38.8 Å². The molecule has 5 atom stereocenters. The van der Waals surface area contributed by atoms with Gasteiger partial charge in [0.05, 0.1) is 19.8 Å². The van der Waals surface area contributed by atoms with Gasteiger partial charge in [-0.3, -0.25) is 4.79 Å². The Hall–Kier alpha value is -3.66. The van der Waals surface area contributed by atoms with Crippen molar-refractivity contribution in [3.8, 4) is 0 Å². The number of carbonyl (C=O) groups excluding carboxylic acids is 1. The van der Waals surface area contributed by atoms with Crippen molar-refractivity contribution in [2.75, 3.05) is 6.61 Å². The summed E-state index contributed by atoms with van der Waals surface area (Å²) >= 11 is 0. The Kier molecular flexibility index (Phi) is 11.2. The monoisotopic (exact) mass is 642 g/mol. The molecule has 1 fully saturated rings. The van der Waals surface area contributed by atoms with Crippen LogP contribution in [0.15, 0.2) is 121 Å². The average Bonchev–Trinajstić information content (AvgIpc) is 3.06. The first kappa shape index (κ1) is 33.7. The van der Waals surface area contributed by atoms with Crippen molar-refractivity contribution in [1.29, 1.82) is 0 Å². The second-order valence-electron chi connectivity index (χ2n) is 12.6. The fourth-order valence-corrected chi connectivity index (χ4v) is 10.8. The molecule has 5 rings (SSSR count). The van der Waals surface area contributed by atoms with Gasteiger partial charge in [0, 0.05) is 6.92 Å². The van der Waals surface area contributed by atoms with Crippen LogP contribution in [0.5, 0.6) is 0 Å². The molecule has 0 amide bonds. The van der Waals surface area contributed by atoms with E-state index in [4.69, 9.17) is 23.4 Å². The van der Waals surface area contributed by atoms with Crippen LogP contribution in [0.3, 0.4) is 0 Å². The van der Waals surface area contributed by atoms with Crippen molar-refractivity contribution in [2.24, 2.45) is 0 Å². The zero-order chi connectivity index (χ0) is 32.6. The molecule has 8 heteroatoms. The zero-order valence-corrected chi connectivity index (χ0v) is 27.9. The van der Waals surface area contributed by atoms with Gasteiger partial charge >= 0.3 is 5.97 Å². The Labute approximate surface area is 272 Å². The Morgan fingerprint density at radius 3 is 1.57 bits per heavy atom. The molecule has 242 valence electrons. The number of hydrogen-bond donors (Lipinski definition) is 0. The van der Waals surface area contributed by atoms with E-state index in [9.17, 15) is 4.79 Å². The van der Waals surface area contributed by atoms with E-state index in [0.29, 0.717) is 0 Å². The van der Waals surface area contributed by atoms with Gasteiger partial charge in [0.25, 0.3) is 8.32 Å². The summed E-state index contributed by atoms with van der Waals surface area (Å²) in [6.45, 7) is 8.11. The van der Waals surface area contributed by atoms with Gasteiger partial charge in [-0.25, -0.2) is 4.39 Å². The van der Waals surface area contributed by atoms with E-state index in [1.165, 1.54) is 6.92 Å². The first-order valence-electron chi connectivity index (χ1n) is 15.7. The Balaban J connectivity index is 1.49. The third kappa shape index (κ3) is 7.82. The number of ether oxygens (including phenoxy) is 4. The summed E-state index contributed by atoms with van der Waals surface area (Å²) in [6, 6.07) is 39.5. The maximum Gasteiger partial charge on any atom is 0.303 e. The smallest absolute Gasteiger partial charge is 0.303 e. The van der Waals surface area contributed by atoms with Gasteiger partial charge in [0.15, 0.2) is 6.10 Å². The zero-order valence-electron chi connectivity index (χ0n) is 26.9. The first-order chi connectivity index (χ1) is 22.2. The molecule has 0 radical (unpaired) electrons. The predicted molar refractivity (Wildman–Crippen MR) is 179 cm³/mol. The first-order valence-corrected chi connectivity index (χ1v) is 17.6. The van der Waals surface area contributed by atoms with Crippen LogP contribution < -0.4 is 10.4 Å². The Morgan fingerprint density at radius 2 is 1.13 bits per heavy atom. The summed E-state index contributed by atoms with van der Waals surface area (Å²) in [5.74, 6) is -0.531. The minimum Gasteiger partial charge on any atom is -0.457 e. The number of alkyl halides is 1. The van der Waals surface area contributed by atoms with Crippen LogP contribution in [0, 0.1) is 0 Å². The minimum atomic E-state index is -3.01. The highest BCUT2D eigenvalue weighted by molar-refractivity contribution is 6.99. The molecule has 5 unspecified atom stereocenters. The average molecular weight is 643 g/mol. The van der Waals surface area contributed by atoms with Crippen LogP contribution in [0.2, 0.25) is 5.04 Å². The van der Waals surface area contributed by atoms with E-state index in [0.717, 1.165) is 21.5 Å². The van der Waals surface area contributed by atoms with Gasteiger partial charge < -0.3 is 23.4 Å². The SMILES string of the molecule is CC(=O)OC1C(CO[Si](c2ccccc2)(c2ccccc2)C(C)(C)C)OC(F)C(OCc2ccccc2)C1OCc1ccccc1. The van der Waals surface area contributed by atoms with Gasteiger partial charge in [-0.05, 0) is 26.5 Å². The van der Waals surface area contributed by atoms with Crippen LogP contribution in [0.25, 0.3) is 0 Å². The van der Waals surface area contributed by atoms with Crippen molar-refractivity contribution >= 4 is 24.7 Å². The van der Waals surface area contributed by atoms with Crippen molar-refractivity contribution in [3.05, 3.63) is 132 Å². The molecule has 0 aromatic heterocycles. The lowest BCUT2D eigenvalue weighted by molar-refractivity contribution is -0.289. The Morgan fingerprint density at radius 1 is 0.696 bits per heavy atom. The predicted octanol–water partition coefficient (Wildman–Crippen LogP) is 6.36. The lowest BCUT2D eigenvalue weighted by Gasteiger charge is -2.46. The number of rotatable bonds is 12. The molecule has 0 spiro atoms. The number of hydrogen-bond acceptors (Lipinski definition) is 6. The third-order valence-corrected chi connectivity index (χ3v) is 13.3. The maximum atomic E-state index is 16.2. The van der Waals surface area contributed by atoms with Crippen molar-refractivity contribution in [1.82, 2.24) is 0 Å². The maximum absolute atomic E-state index is 16.2. The quantitative estimate of drug-likeness (QED) is 0.132. The largest absolute Gasteiger partial charge is 0.457 e. The van der Waals surface area contributed by atoms with Gasteiger partial charge in [-0.1, -0.05) is 142 Å². The molecular formula is C38H43FO6Si. The summed E-state index contributed by atoms with van der Waals surface area (Å²) in [4.78, 5) is 12.5. The second kappa shape index (κ2) is 15.3. The van der Waals surface area contributed by atoms with Gasteiger partial charge in [0.1, 0.15) is 18.3 Å². The summed E-state index contributed by atoms with van der Waals surface area (Å²) < 4.78 is 47.7. The molecule has 6 nitrogen and oxygen atoms in total. The number of halogens is 1. The fourth-order valence-electron chi connectivity index (χ4n) is 6.20. The van der Waals surface area contributed by atoms with Crippen molar-refractivity contribution in [2.45, 2.75) is 76.7 Å². The summed E-state index contributed by atoms with van der Waals surface area (Å²) in [5.41, 5.74) is 1.77. The van der Waals surface area contributed by atoms with E-state index < -0.39 is 45.1 Å². The van der Waals surface area contributed by atoms with Crippen LogP contribution in [-0.4, -0.2) is 51.7 Å². The Bertz CT molecular complexity index is 1460. The summed E-state index contributed by atoms with van der Waals surface area (Å²) in [7, 11) is -3.01. The number of esters is 1. The topological polar surface area (TPSA) is 63.2 Å². The molecule has 1 aliphatic rings. The van der Waals surface area contributed by atoms with E-state index >= 15 is 4.39 Å². The molecule has 1 saturated heterocycles. The van der Waals surface area contributed by atoms with Crippen molar-refractivity contribution in [3.63, 3.8) is 0 Å². The number of carbonyl (C=O) groups is 1. The fraction of sp³-hybridized carbons (Fsp3) is 0.342. The molecule has 0 N–H and O–H groups in total. The highest BCUT2D eigenvalue weighted by Gasteiger charge is 2.54. The highest BCUT2D eigenvalue weighted by atomic mass is 28.4. The molecule has 4 aromatic carbocycles. The van der Waals surface area contributed by atoms with E-state index in [-0.39, 0.29) is 24.9 Å². The standard InChI is InChI=1S/C38H43FO6Si/c1-28(40)44-34-33(27-43-46(38(2,3)4,31-21-13-7-14-22-31)32-23-15-8-16-24-32)45-37(39)36(42-26-30-19-11-6-12-20-30)35(34)41-25-29-17-9-5-10-18-29/h5-24,33-37H,25-27H2,1-4H3. The van der Waals surface area contributed by atoms with Crippen LogP contribution >= 0.6 is 0 Å². The third-order valence-electron chi connectivity index (χ3n) is 8.33.